The molecule has 0 bridgehead atoms. The summed E-state index contributed by atoms with van der Waals surface area (Å²) in [4.78, 5) is 10.3. The summed E-state index contributed by atoms with van der Waals surface area (Å²) < 4.78 is 4.77. The van der Waals surface area contributed by atoms with Gasteiger partial charge in [0, 0.05) is 41.9 Å². The molecule has 4 heteroatoms. The lowest BCUT2D eigenvalue weighted by Gasteiger charge is -2.11. The monoisotopic (exact) mass is 517 g/mol. The number of para-hydroxylation sites is 2. The molecular formula is C35H23N3S. The number of aryl methyl sites for hydroxylation is 1. The number of rotatable bonds is 3. The second kappa shape index (κ2) is 8.35. The molecule has 3 aromatic heterocycles. The Morgan fingerprint density at radius 2 is 1.38 bits per heavy atom. The van der Waals surface area contributed by atoms with Gasteiger partial charge in [0.25, 0.3) is 0 Å². The van der Waals surface area contributed by atoms with Gasteiger partial charge in [-0.1, -0.05) is 79.4 Å². The summed E-state index contributed by atoms with van der Waals surface area (Å²) in [5.74, 6) is 0.684. The van der Waals surface area contributed by atoms with Crippen LogP contribution in [0.15, 0.2) is 110 Å². The van der Waals surface area contributed by atoms with E-state index in [0.29, 0.717) is 5.95 Å². The first-order chi connectivity index (χ1) is 19.2. The lowest BCUT2D eigenvalue weighted by atomic mass is 10.0. The molecule has 0 saturated heterocycles. The van der Waals surface area contributed by atoms with Crippen molar-refractivity contribution in [2.24, 2.45) is 0 Å². The second-order valence-corrected chi connectivity index (χ2v) is 11.1. The van der Waals surface area contributed by atoms with Crippen molar-refractivity contribution in [1.82, 2.24) is 14.5 Å². The van der Waals surface area contributed by atoms with Crippen LogP contribution >= 0.6 is 11.3 Å². The smallest absolute Gasteiger partial charge is 0.235 e. The lowest BCUT2D eigenvalue weighted by Crippen LogP contribution is -2.03. The fourth-order valence-electron chi connectivity index (χ4n) is 5.82. The van der Waals surface area contributed by atoms with Gasteiger partial charge in [0.1, 0.15) is 0 Å². The Morgan fingerprint density at radius 3 is 2.23 bits per heavy atom. The van der Waals surface area contributed by atoms with Crippen molar-refractivity contribution in [2.75, 3.05) is 0 Å². The molecule has 0 atom stereocenters. The van der Waals surface area contributed by atoms with E-state index in [2.05, 4.69) is 109 Å². The first kappa shape index (κ1) is 22.2. The van der Waals surface area contributed by atoms with Gasteiger partial charge >= 0.3 is 0 Å². The lowest BCUT2D eigenvalue weighted by molar-refractivity contribution is 1.01. The van der Waals surface area contributed by atoms with Crippen LogP contribution in [0, 0.1) is 6.92 Å². The van der Waals surface area contributed by atoms with Gasteiger partial charge in [-0.3, -0.25) is 4.57 Å². The minimum Gasteiger partial charge on any atom is -0.278 e. The maximum absolute atomic E-state index is 5.22. The van der Waals surface area contributed by atoms with Gasteiger partial charge in [-0.05, 0) is 54.4 Å². The molecule has 8 rings (SSSR count). The maximum atomic E-state index is 5.22. The van der Waals surface area contributed by atoms with Crippen molar-refractivity contribution >= 4 is 70.3 Å². The van der Waals surface area contributed by atoms with Crippen LogP contribution in [0.2, 0.25) is 0 Å². The number of fused-ring (bicyclic) bond motifs is 7. The zero-order valence-corrected chi connectivity index (χ0v) is 22.2. The molecule has 0 aliphatic carbocycles. The fourth-order valence-corrected chi connectivity index (χ4v) is 6.97. The van der Waals surface area contributed by atoms with Gasteiger partial charge in [-0.2, -0.15) is 0 Å². The Morgan fingerprint density at radius 1 is 0.667 bits per heavy atom. The summed E-state index contributed by atoms with van der Waals surface area (Å²) in [5, 5.41) is 6.04. The van der Waals surface area contributed by atoms with Crippen LogP contribution in [0.3, 0.4) is 0 Å². The molecule has 0 radical (unpaired) electrons. The second-order valence-electron chi connectivity index (χ2n) is 9.98. The topological polar surface area (TPSA) is 30.7 Å². The van der Waals surface area contributed by atoms with Crippen molar-refractivity contribution in [3.8, 4) is 17.2 Å². The van der Waals surface area contributed by atoms with E-state index >= 15 is 0 Å². The van der Waals surface area contributed by atoms with Crippen LogP contribution in [0.1, 0.15) is 11.1 Å². The average Bonchev–Trinajstić information content (AvgIpc) is 3.49. The van der Waals surface area contributed by atoms with Crippen LogP contribution in [0.25, 0.3) is 76.2 Å². The highest BCUT2D eigenvalue weighted by atomic mass is 32.1. The fraction of sp³-hybridized carbons (Fsp3) is 0.0286. The molecule has 0 amide bonds. The highest BCUT2D eigenvalue weighted by Crippen LogP contribution is 2.41. The molecule has 5 aromatic carbocycles. The summed E-state index contributed by atoms with van der Waals surface area (Å²) in [7, 11) is 0. The summed E-state index contributed by atoms with van der Waals surface area (Å²) in [5.41, 5.74) is 7.61. The first-order valence-electron chi connectivity index (χ1n) is 13.0. The van der Waals surface area contributed by atoms with Crippen molar-refractivity contribution in [3.63, 3.8) is 0 Å². The van der Waals surface area contributed by atoms with Crippen LogP contribution in [0.5, 0.6) is 0 Å². The Hall–Kier alpha value is -4.80. The predicted octanol–water partition coefficient (Wildman–Crippen LogP) is 9.71. The minimum atomic E-state index is 0.684. The van der Waals surface area contributed by atoms with Gasteiger partial charge in [0.05, 0.1) is 22.2 Å². The molecule has 0 N–H and O–H groups in total. The molecule has 0 saturated carbocycles. The number of hydrogen-bond donors (Lipinski definition) is 0. The first-order valence-corrected chi connectivity index (χ1v) is 13.9. The normalized spacial score (nSPS) is 11.8. The molecule has 0 spiro atoms. The third-order valence-corrected chi connectivity index (χ3v) is 8.83. The molecule has 39 heavy (non-hydrogen) atoms. The van der Waals surface area contributed by atoms with Crippen LogP contribution in [-0.4, -0.2) is 14.5 Å². The zero-order chi connectivity index (χ0) is 26.1. The van der Waals surface area contributed by atoms with E-state index in [1.165, 1.54) is 42.1 Å². The van der Waals surface area contributed by atoms with E-state index in [1.54, 1.807) is 0 Å². The van der Waals surface area contributed by atoms with Gasteiger partial charge in [0.2, 0.25) is 5.95 Å². The van der Waals surface area contributed by atoms with Crippen LogP contribution < -0.4 is 0 Å². The summed E-state index contributed by atoms with van der Waals surface area (Å²) >= 11 is 1.83. The van der Waals surface area contributed by atoms with E-state index < -0.39 is 0 Å². The molecule has 3 heterocycles. The quantitative estimate of drug-likeness (QED) is 0.233. The van der Waals surface area contributed by atoms with Crippen molar-refractivity contribution in [1.29, 1.82) is 0 Å². The van der Waals surface area contributed by atoms with E-state index in [-0.39, 0.29) is 0 Å². The van der Waals surface area contributed by atoms with E-state index in [0.717, 1.165) is 33.2 Å². The number of benzene rings is 5. The molecule has 184 valence electrons. The van der Waals surface area contributed by atoms with E-state index in [9.17, 15) is 0 Å². The van der Waals surface area contributed by atoms with Crippen LogP contribution in [-0.2, 0) is 0 Å². The number of nitrogens with zero attached hydrogens (tertiary/aromatic N) is 3. The minimum absolute atomic E-state index is 0.684. The molecule has 0 aliphatic rings. The third kappa shape index (κ3) is 3.28. The van der Waals surface area contributed by atoms with E-state index in [1.807, 2.05) is 29.5 Å². The summed E-state index contributed by atoms with van der Waals surface area (Å²) in [6.45, 7) is 6.16. The standard InChI is InChI=1S/C35H23N3S/c1-3-22-18-32-27(17-21(22)2)28-19-26-24-13-8-10-16-30(24)38(31(26)20-33(28)39-32)35-36-29-15-9-7-14-25(29)34(37-35)23-11-5-4-6-12-23/h3-20H,1H2,2H3. The SMILES string of the molecule is C=Cc1cc2sc3cc4c(cc3c2cc1C)c1ccccc1n4-c1nc(-c2ccccc2)c2ccccc2n1. The Kier molecular flexibility index (Phi) is 4.76. The van der Waals surface area contributed by atoms with Gasteiger partial charge in [0.15, 0.2) is 0 Å². The maximum Gasteiger partial charge on any atom is 0.235 e. The Bertz CT molecular complexity index is 2250. The van der Waals surface area contributed by atoms with Crippen molar-refractivity contribution in [2.45, 2.75) is 6.92 Å². The molecule has 8 aromatic rings. The average molecular weight is 518 g/mol. The molecule has 3 nitrogen and oxygen atoms in total. The van der Waals surface area contributed by atoms with Crippen molar-refractivity contribution in [3.05, 3.63) is 121 Å². The molecule has 0 fully saturated rings. The van der Waals surface area contributed by atoms with Gasteiger partial charge in [-0.25, -0.2) is 9.97 Å². The molecular weight excluding hydrogens is 494 g/mol. The number of hydrogen-bond acceptors (Lipinski definition) is 3. The predicted molar refractivity (Wildman–Crippen MR) is 167 cm³/mol. The van der Waals surface area contributed by atoms with Crippen LogP contribution in [0.4, 0.5) is 0 Å². The molecule has 0 aliphatic heterocycles. The summed E-state index contributed by atoms with van der Waals surface area (Å²) in [6, 6.07) is 36.5. The zero-order valence-electron chi connectivity index (χ0n) is 21.3. The summed E-state index contributed by atoms with van der Waals surface area (Å²) in [6.07, 6.45) is 1.94. The molecule has 0 unspecified atom stereocenters. The van der Waals surface area contributed by atoms with Gasteiger partial charge in [-0.15, -0.1) is 11.3 Å². The highest BCUT2D eigenvalue weighted by molar-refractivity contribution is 7.25. The third-order valence-electron chi connectivity index (χ3n) is 7.71. The Labute approximate surface area is 229 Å². The van der Waals surface area contributed by atoms with Crippen molar-refractivity contribution < 1.29 is 0 Å². The highest BCUT2D eigenvalue weighted by Gasteiger charge is 2.19. The largest absolute Gasteiger partial charge is 0.278 e. The number of thiophene rings is 1. The Balaban J connectivity index is 1.49. The number of aromatic nitrogens is 3. The van der Waals surface area contributed by atoms with E-state index in [4.69, 9.17) is 9.97 Å². The van der Waals surface area contributed by atoms with Gasteiger partial charge < -0.3 is 0 Å².